The Hall–Kier alpha value is -4.92. The molecule has 0 aliphatic carbocycles. The average molecular weight is 593 g/mol. The second kappa shape index (κ2) is 13.2. The van der Waals surface area contributed by atoms with Crippen LogP contribution in [0.2, 0.25) is 0 Å². The summed E-state index contributed by atoms with van der Waals surface area (Å²) in [5.74, 6) is 0.108. The van der Waals surface area contributed by atoms with E-state index in [1.807, 2.05) is 24.3 Å². The highest BCUT2D eigenvalue weighted by Gasteiger charge is 2.29. The van der Waals surface area contributed by atoms with Crippen molar-refractivity contribution in [2.24, 2.45) is 5.92 Å². The molecule has 9 heteroatoms. The van der Waals surface area contributed by atoms with Crippen molar-refractivity contribution in [1.82, 2.24) is 14.9 Å². The number of ether oxygens (including phenoxy) is 1. The van der Waals surface area contributed by atoms with Crippen LogP contribution < -0.4 is 9.64 Å². The molecule has 4 aromatic rings. The van der Waals surface area contributed by atoms with E-state index < -0.39 is 0 Å². The molecule has 6 rings (SSSR count). The summed E-state index contributed by atoms with van der Waals surface area (Å²) in [7, 11) is 0. The van der Waals surface area contributed by atoms with E-state index in [9.17, 15) is 18.8 Å². The van der Waals surface area contributed by atoms with Gasteiger partial charge < -0.3 is 14.5 Å². The number of piperidine rings is 1. The number of aromatic nitrogens is 2. The first-order valence-corrected chi connectivity index (χ1v) is 15.0. The first-order chi connectivity index (χ1) is 21.4. The molecule has 0 N–H and O–H groups in total. The Kier molecular flexibility index (Phi) is 8.72. The van der Waals surface area contributed by atoms with Crippen molar-refractivity contribution in [3.05, 3.63) is 113 Å². The Bertz CT molecular complexity index is 1610. The van der Waals surface area contributed by atoms with Crippen LogP contribution in [0.4, 0.5) is 10.1 Å². The van der Waals surface area contributed by atoms with Crippen molar-refractivity contribution < 1.29 is 23.5 Å². The first-order valence-electron chi connectivity index (χ1n) is 15.0. The molecule has 2 saturated heterocycles. The lowest BCUT2D eigenvalue weighted by molar-refractivity contribution is 0.0650. The van der Waals surface area contributed by atoms with Crippen LogP contribution >= 0.6 is 0 Å². The van der Waals surface area contributed by atoms with Gasteiger partial charge in [0.1, 0.15) is 17.3 Å². The van der Waals surface area contributed by atoms with Gasteiger partial charge in [0.25, 0.3) is 5.91 Å². The molecule has 44 heavy (non-hydrogen) atoms. The smallest absolute Gasteiger partial charge is 0.255 e. The number of Topliss-reactive ketones (excluding diaryl/α,β-unsaturated/α-hetero) is 2. The van der Waals surface area contributed by atoms with Crippen LogP contribution in [0, 0.1) is 11.7 Å². The summed E-state index contributed by atoms with van der Waals surface area (Å²) in [6, 6.07) is 20.1. The molecular weight excluding hydrogens is 559 g/mol. The van der Waals surface area contributed by atoms with Crippen molar-refractivity contribution in [3.8, 4) is 11.6 Å². The summed E-state index contributed by atoms with van der Waals surface area (Å²) in [6.07, 6.45) is 6.73. The Morgan fingerprint density at radius 1 is 0.773 bits per heavy atom. The maximum absolute atomic E-state index is 13.1. The summed E-state index contributed by atoms with van der Waals surface area (Å²) >= 11 is 0. The monoisotopic (exact) mass is 592 g/mol. The van der Waals surface area contributed by atoms with Crippen molar-refractivity contribution >= 4 is 23.2 Å². The average Bonchev–Trinajstić information content (AvgIpc) is 3.62. The number of rotatable bonds is 9. The molecule has 8 nitrogen and oxygen atoms in total. The molecule has 0 saturated carbocycles. The summed E-state index contributed by atoms with van der Waals surface area (Å²) in [6.45, 7) is 3.13. The number of anilines is 1. The van der Waals surface area contributed by atoms with Crippen molar-refractivity contribution in [2.75, 3.05) is 31.1 Å². The van der Waals surface area contributed by atoms with Gasteiger partial charge in [0.15, 0.2) is 11.6 Å². The topological polar surface area (TPSA) is 92.7 Å². The van der Waals surface area contributed by atoms with Crippen LogP contribution in [0.5, 0.6) is 11.6 Å². The molecule has 0 unspecified atom stereocenters. The third-order valence-electron chi connectivity index (χ3n) is 8.27. The fraction of sp³-hybridized carbons (Fsp3) is 0.286. The van der Waals surface area contributed by atoms with Crippen LogP contribution in [-0.2, 0) is 6.42 Å². The van der Waals surface area contributed by atoms with Crippen LogP contribution in [0.25, 0.3) is 0 Å². The fourth-order valence-electron chi connectivity index (χ4n) is 5.74. The van der Waals surface area contributed by atoms with Crippen LogP contribution in [0.15, 0.2) is 85.2 Å². The third kappa shape index (κ3) is 6.83. The van der Waals surface area contributed by atoms with Crippen LogP contribution in [0.3, 0.4) is 0 Å². The van der Waals surface area contributed by atoms with Crippen molar-refractivity contribution in [1.29, 1.82) is 0 Å². The van der Waals surface area contributed by atoms with E-state index in [-0.39, 0.29) is 41.3 Å². The Morgan fingerprint density at radius 2 is 1.48 bits per heavy atom. The minimum Gasteiger partial charge on any atom is -0.439 e. The van der Waals surface area contributed by atoms with Gasteiger partial charge in [-0.3, -0.25) is 19.4 Å². The predicted octanol–water partition coefficient (Wildman–Crippen LogP) is 6.17. The standard InChI is InChI=1S/C35H33FN4O4/c36-28-7-11-30(12-8-28)44-33-14-3-24(22-38-33)21-32(41)31-13-6-27(23-37-31)35(43)40-19-15-26(16-20-40)34(42)25-4-9-29(10-5-25)39-17-1-2-18-39/h3-14,22-23,26H,1-2,15-21H2. The second-order valence-corrected chi connectivity index (χ2v) is 11.3. The fourth-order valence-corrected chi connectivity index (χ4v) is 5.74. The number of carbonyl (C=O) groups is 3. The van der Waals surface area contributed by atoms with E-state index >= 15 is 0 Å². The van der Waals surface area contributed by atoms with Gasteiger partial charge in [-0.15, -0.1) is 0 Å². The number of nitrogens with zero attached hydrogens (tertiary/aromatic N) is 4. The largest absolute Gasteiger partial charge is 0.439 e. The molecular formula is C35H33FN4O4. The molecule has 0 atom stereocenters. The van der Waals surface area contributed by atoms with Gasteiger partial charge in [0.05, 0.1) is 5.56 Å². The van der Waals surface area contributed by atoms with Gasteiger partial charge in [0, 0.05) is 68.2 Å². The van der Waals surface area contributed by atoms with E-state index in [1.165, 1.54) is 49.0 Å². The SMILES string of the molecule is O=C(Cc1ccc(Oc2ccc(F)cc2)nc1)c1ccc(C(=O)N2CCC(C(=O)c3ccc(N4CCCC4)cc3)CC2)cn1. The number of benzene rings is 2. The van der Waals surface area contributed by atoms with Crippen LogP contribution in [-0.4, -0.2) is 58.5 Å². The molecule has 2 aromatic heterocycles. The number of ketones is 2. The van der Waals surface area contributed by atoms with E-state index in [0.717, 1.165) is 18.7 Å². The number of pyridine rings is 2. The molecule has 2 fully saturated rings. The zero-order valence-corrected chi connectivity index (χ0v) is 24.3. The third-order valence-corrected chi connectivity index (χ3v) is 8.27. The van der Waals surface area contributed by atoms with E-state index in [1.54, 1.807) is 35.4 Å². The Morgan fingerprint density at radius 3 is 2.11 bits per heavy atom. The summed E-state index contributed by atoms with van der Waals surface area (Å²) in [4.78, 5) is 51.7. The second-order valence-electron chi connectivity index (χ2n) is 11.3. The van der Waals surface area contributed by atoms with E-state index in [0.29, 0.717) is 48.7 Å². The number of hydrogen-bond acceptors (Lipinski definition) is 7. The molecule has 1 amide bonds. The quantitative estimate of drug-likeness (QED) is 0.215. The van der Waals surface area contributed by atoms with Gasteiger partial charge >= 0.3 is 0 Å². The van der Waals surface area contributed by atoms with Gasteiger partial charge in [-0.05, 0) is 91.9 Å². The highest BCUT2D eigenvalue weighted by atomic mass is 19.1. The highest BCUT2D eigenvalue weighted by molar-refractivity contribution is 5.99. The molecule has 4 heterocycles. The Labute approximate surface area is 255 Å². The Balaban J connectivity index is 0.985. The lowest BCUT2D eigenvalue weighted by Crippen LogP contribution is -2.40. The normalized spacial score (nSPS) is 15.3. The van der Waals surface area contributed by atoms with E-state index in [4.69, 9.17) is 4.74 Å². The summed E-state index contributed by atoms with van der Waals surface area (Å²) in [5, 5.41) is 0. The molecule has 0 radical (unpaired) electrons. The number of hydrogen-bond donors (Lipinski definition) is 0. The molecule has 2 aliphatic heterocycles. The van der Waals surface area contributed by atoms with Crippen molar-refractivity contribution in [3.63, 3.8) is 0 Å². The highest BCUT2D eigenvalue weighted by Crippen LogP contribution is 2.26. The maximum Gasteiger partial charge on any atom is 0.255 e. The minimum atomic E-state index is -0.354. The zero-order chi connectivity index (χ0) is 30.5. The van der Waals surface area contributed by atoms with Crippen LogP contribution in [0.1, 0.15) is 62.5 Å². The molecule has 0 bridgehead atoms. The number of amides is 1. The molecule has 2 aliphatic rings. The lowest BCUT2D eigenvalue weighted by atomic mass is 9.88. The minimum absolute atomic E-state index is 0.0899. The summed E-state index contributed by atoms with van der Waals surface area (Å²) < 4.78 is 18.7. The number of likely N-dealkylation sites (tertiary alicyclic amines) is 1. The zero-order valence-electron chi connectivity index (χ0n) is 24.3. The summed E-state index contributed by atoms with van der Waals surface area (Å²) in [5.41, 5.74) is 3.25. The van der Waals surface area contributed by atoms with E-state index in [2.05, 4.69) is 14.9 Å². The van der Waals surface area contributed by atoms with Gasteiger partial charge in [-0.2, -0.15) is 0 Å². The lowest BCUT2D eigenvalue weighted by Gasteiger charge is -2.31. The number of halogens is 1. The number of carbonyl (C=O) groups excluding carboxylic acids is 3. The molecule has 0 spiro atoms. The molecule has 224 valence electrons. The van der Waals surface area contributed by atoms with Gasteiger partial charge in [-0.25, -0.2) is 9.37 Å². The van der Waals surface area contributed by atoms with Gasteiger partial charge in [0.2, 0.25) is 5.88 Å². The molecule has 2 aromatic carbocycles. The predicted molar refractivity (Wildman–Crippen MR) is 164 cm³/mol. The van der Waals surface area contributed by atoms with Gasteiger partial charge in [-0.1, -0.05) is 6.07 Å². The maximum atomic E-state index is 13.1. The first kappa shape index (κ1) is 29.2. The van der Waals surface area contributed by atoms with Crippen molar-refractivity contribution in [2.45, 2.75) is 32.1 Å².